The van der Waals surface area contributed by atoms with Crippen LogP contribution in [0.2, 0.25) is 5.02 Å². The molecule has 6 nitrogen and oxygen atoms in total. The Bertz CT molecular complexity index is 836. The van der Waals surface area contributed by atoms with Crippen molar-refractivity contribution >= 4 is 50.0 Å². The summed E-state index contributed by atoms with van der Waals surface area (Å²) in [6, 6.07) is 6.95. The molecular weight excluding hydrogens is 384 g/mol. The molecule has 134 valence electrons. The van der Waals surface area contributed by atoms with E-state index in [0.717, 1.165) is 12.1 Å². The molecule has 1 aromatic rings. The number of halogens is 1. The van der Waals surface area contributed by atoms with Crippen molar-refractivity contribution in [1.29, 1.82) is 0 Å². The van der Waals surface area contributed by atoms with E-state index in [1.165, 1.54) is 11.8 Å². The van der Waals surface area contributed by atoms with Crippen LogP contribution in [0.15, 0.2) is 29.3 Å². The quantitative estimate of drug-likeness (QED) is 0.756. The molecule has 0 radical (unpaired) electrons. The number of carbonyl (C=O) groups excluding carboxylic acids is 1. The van der Waals surface area contributed by atoms with Gasteiger partial charge in [0.05, 0.1) is 17.5 Å². The van der Waals surface area contributed by atoms with E-state index in [-0.39, 0.29) is 28.7 Å². The SMILES string of the molecule is O=C(N=C1S[C@@H]2CS(=O)(=O)C[C@H]2N1c1cccc(Cl)c1)[C@@H]1CCCO1. The van der Waals surface area contributed by atoms with Gasteiger partial charge < -0.3 is 9.64 Å². The van der Waals surface area contributed by atoms with E-state index < -0.39 is 15.9 Å². The molecule has 0 bridgehead atoms. The van der Waals surface area contributed by atoms with Gasteiger partial charge in [0.15, 0.2) is 15.0 Å². The highest BCUT2D eigenvalue weighted by atomic mass is 35.5. The van der Waals surface area contributed by atoms with Crippen LogP contribution in [0.4, 0.5) is 5.69 Å². The number of hydrogen-bond acceptors (Lipinski definition) is 5. The number of anilines is 1. The minimum atomic E-state index is -3.08. The number of sulfone groups is 1. The maximum atomic E-state index is 12.4. The topological polar surface area (TPSA) is 76.0 Å². The van der Waals surface area contributed by atoms with Crippen molar-refractivity contribution in [2.45, 2.75) is 30.2 Å². The number of carbonyl (C=O) groups is 1. The zero-order valence-electron chi connectivity index (χ0n) is 13.3. The van der Waals surface area contributed by atoms with Crippen molar-refractivity contribution in [3.05, 3.63) is 29.3 Å². The summed E-state index contributed by atoms with van der Waals surface area (Å²) in [4.78, 5) is 18.5. The largest absolute Gasteiger partial charge is 0.368 e. The summed E-state index contributed by atoms with van der Waals surface area (Å²) in [7, 11) is -3.08. The van der Waals surface area contributed by atoms with E-state index in [2.05, 4.69) is 4.99 Å². The molecule has 3 saturated heterocycles. The maximum absolute atomic E-state index is 12.4. The zero-order chi connectivity index (χ0) is 17.6. The average molecular weight is 401 g/mol. The first-order chi connectivity index (χ1) is 11.9. The summed E-state index contributed by atoms with van der Waals surface area (Å²) in [5.41, 5.74) is 0.753. The number of rotatable bonds is 2. The molecule has 4 rings (SSSR count). The summed E-state index contributed by atoms with van der Waals surface area (Å²) in [5.74, 6) is -0.133. The van der Waals surface area contributed by atoms with Gasteiger partial charge in [0.1, 0.15) is 6.10 Å². The molecule has 0 spiro atoms. The van der Waals surface area contributed by atoms with Crippen molar-refractivity contribution < 1.29 is 17.9 Å². The molecule has 3 aliphatic rings. The predicted octanol–water partition coefficient (Wildman–Crippen LogP) is 2.12. The fourth-order valence-corrected chi connectivity index (χ4v) is 7.53. The van der Waals surface area contributed by atoms with E-state index in [0.29, 0.717) is 23.2 Å². The molecule has 0 aromatic heterocycles. The predicted molar refractivity (Wildman–Crippen MR) is 99.2 cm³/mol. The molecule has 25 heavy (non-hydrogen) atoms. The molecular formula is C16H17ClN2O4S2. The van der Waals surface area contributed by atoms with E-state index in [4.69, 9.17) is 16.3 Å². The number of amides is 1. The molecule has 1 amide bonds. The van der Waals surface area contributed by atoms with Crippen LogP contribution in [0.1, 0.15) is 12.8 Å². The number of hydrogen-bond donors (Lipinski definition) is 0. The van der Waals surface area contributed by atoms with E-state index in [1.807, 2.05) is 11.0 Å². The first kappa shape index (κ1) is 17.3. The number of fused-ring (bicyclic) bond motifs is 1. The van der Waals surface area contributed by atoms with Gasteiger partial charge in [-0.3, -0.25) is 4.79 Å². The third-order valence-electron chi connectivity index (χ3n) is 4.56. The second-order valence-corrected chi connectivity index (χ2v) is 10.2. The number of amidine groups is 1. The van der Waals surface area contributed by atoms with Crippen molar-refractivity contribution in [2.24, 2.45) is 4.99 Å². The molecule has 0 unspecified atom stereocenters. The summed E-state index contributed by atoms with van der Waals surface area (Å²) in [6.45, 7) is 0.579. The van der Waals surface area contributed by atoms with E-state index in [9.17, 15) is 13.2 Å². The van der Waals surface area contributed by atoms with Crippen LogP contribution in [0.3, 0.4) is 0 Å². The van der Waals surface area contributed by atoms with Crippen LogP contribution in [0.5, 0.6) is 0 Å². The van der Waals surface area contributed by atoms with E-state index >= 15 is 0 Å². The average Bonchev–Trinajstić information content (AvgIpc) is 3.21. The highest BCUT2D eigenvalue weighted by Gasteiger charge is 2.49. The second kappa shape index (κ2) is 6.57. The van der Waals surface area contributed by atoms with Crippen LogP contribution in [0, 0.1) is 0 Å². The minimum Gasteiger partial charge on any atom is -0.368 e. The van der Waals surface area contributed by atoms with Gasteiger partial charge in [0, 0.05) is 22.6 Å². The lowest BCUT2D eigenvalue weighted by Gasteiger charge is -2.24. The van der Waals surface area contributed by atoms with Gasteiger partial charge in [-0.05, 0) is 31.0 Å². The van der Waals surface area contributed by atoms with Gasteiger partial charge >= 0.3 is 0 Å². The molecule has 0 aliphatic carbocycles. The molecule has 0 saturated carbocycles. The fourth-order valence-electron chi connectivity index (χ4n) is 3.43. The Kier molecular flexibility index (Phi) is 4.56. The van der Waals surface area contributed by atoms with Crippen molar-refractivity contribution in [3.63, 3.8) is 0 Å². The zero-order valence-corrected chi connectivity index (χ0v) is 15.7. The van der Waals surface area contributed by atoms with Crippen LogP contribution in [-0.2, 0) is 19.4 Å². The number of benzene rings is 1. The lowest BCUT2D eigenvalue weighted by molar-refractivity contribution is -0.126. The summed E-state index contributed by atoms with van der Waals surface area (Å²) in [5, 5.41) is 0.962. The van der Waals surface area contributed by atoms with Gasteiger partial charge in [0.2, 0.25) is 0 Å². The van der Waals surface area contributed by atoms with Crippen LogP contribution in [0.25, 0.3) is 0 Å². The Hall–Kier alpha value is -1.09. The summed E-state index contributed by atoms with van der Waals surface area (Å²) in [6.07, 6.45) is 1.05. The lowest BCUT2D eigenvalue weighted by Crippen LogP contribution is -2.38. The first-order valence-electron chi connectivity index (χ1n) is 8.09. The van der Waals surface area contributed by atoms with Crippen molar-refractivity contribution in [3.8, 4) is 0 Å². The number of nitrogens with zero attached hydrogens (tertiary/aromatic N) is 2. The minimum absolute atomic E-state index is 0.0598. The highest BCUT2D eigenvalue weighted by molar-refractivity contribution is 8.16. The van der Waals surface area contributed by atoms with E-state index in [1.54, 1.807) is 18.2 Å². The molecule has 3 atom stereocenters. The first-order valence-corrected chi connectivity index (χ1v) is 11.2. The Morgan fingerprint density at radius 1 is 1.36 bits per heavy atom. The fraction of sp³-hybridized carbons (Fsp3) is 0.500. The number of aliphatic imine (C=N–C) groups is 1. The number of ether oxygens (including phenoxy) is 1. The van der Waals surface area contributed by atoms with Crippen LogP contribution < -0.4 is 4.90 Å². The molecule has 1 aromatic carbocycles. The van der Waals surface area contributed by atoms with Crippen LogP contribution in [-0.4, -0.2) is 55.0 Å². The van der Waals surface area contributed by atoms with Gasteiger partial charge in [-0.1, -0.05) is 29.4 Å². The standard InChI is InChI=1S/C16H17ClN2O4S2/c17-10-3-1-4-11(7-10)19-12-8-25(21,22)9-14(12)24-16(19)18-15(20)13-5-2-6-23-13/h1,3-4,7,12-14H,2,5-6,8-9H2/t12-,13+,14-/m1/s1. The van der Waals surface area contributed by atoms with Gasteiger partial charge in [-0.2, -0.15) is 4.99 Å². The van der Waals surface area contributed by atoms with Gasteiger partial charge in [-0.25, -0.2) is 8.42 Å². The third kappa shape index (κ3) is 3.45. The van der Waals surface area contributed by atoms with Crippen molar-refractivity contribution in [2.75, 3.05) is 23.0 Å². The Morgan fingerprint density at radius 3 is 2.92 bits per heavy atom. The Morgan fingerprint density at radius 2 is 2.20 bits per heavy atom. The molecule has 3 aliphatic heterocycles. The summed E-state index contributed by atoms with van der Waals surface area (Å²) >= 11 is 7.46. The number of thioether (sulfide) groups is 1. The summed E-state index contributed by atoms with van der Waals surface area (Å²) < 4.78 is 29.5. The molecule has 0 N–H and O–H groups in total. The van der Waals surface area contributed by atoms with Crippen LogP contribution >= 0.6 is 23.4 Å². The molecule has 9 heteroatoms. The Balaban J connectivity index is 1.69. The molecule has 3 heterocycles. The smallest absolute Gasteiger partial charge is 0.277 e. The normalized spacial score (nSPS) is 32.3. The lowest BCUT2D eigenvalue weighted by atomic mass is 10.2. The van der Waals surface area contributed by atoms with Crippen molar-refractivity contribution in [1.82, 2.24) is 0 Å². The second-order valence-electron chi connectivity index (χ2n) is 6.38. The molecule has 3 fully saturated rings. The Labute approximate surface area is 155 Å². The third-order valence-corrected chi connectivity index (χ3v) is 8.01. The van der Waals surface area contributed by atoms with Gasteiger partial charge in [-0.15, -0.1) is 0 Å². The maximum Gasteiger partial charge on any atom is 0.277 e. The monoisotopic (exact) mass is 400 g/mol. The van der Waals surface area contributed by atoms with Gasteiger partial charge in [0.25, 0.3) is 5.91 Å². The highest BCUT2D eigenvalue weighted by Crippen LogP contribution is 2.41.